The molecule has 0 saturated carbocycles. The molecule has 0 spiro atoms. The monoisotopic (exact) mass is 318 g/mol. The number of carbonyl (C=O) groups excluding carboxylic acids is 1. The summed E-state index contributed by atoms with van der Waals surface area (Å²) in [5, 5.41) is 8.96. The van der Waals surface area contributed by atoms with Crippen LogP contribution in [0.3, 0.4) is 0 Å². The highest BCUT2D eigenvalue weighted by Gasteiger charge is 2.29. The van der Waals surface area contributed by atoms with Gasteiger partial charge in [0.05, 0.1) is 5.25 Å². The predicted octanol–water partition coefficient (Wildman–Crippen LogP) is 2.71. The Morgan fingerprint density at radius 2 is 2.00 bits per heavy atom. The standard InChI is InChI=1S/C16H22N4OS/c1-11-8-12(2)10-19(9-11)15(21)13(3)22-16-18-17-14-6-4-5-7-20(14)16/h4-7,11-13H,8-10H2,1-3H3/t11-,12-,13+/m1/s1. The zero-order chi connectivity index (χ0) is 15.7. The van der Waals surface area contributed by atoms with E-state index in [-0.39, 0.29) is 11.2 Å². The molecule has 0 N–H and O–H groups in total. The number of carbonyl (C=O) groups is 1. The third-order valence-corrected chi connectivity index (χ3v) is 5.14. The molecule has 5 nitrogen and oxygen atoms in total. The minimum Gasteiger partial charge on any atom is -0.341 e. The maximum atomic E-state index is 12.7. The van der Waals surface area contributed by atoms with E-state index in [2.05, 4.69) is 24.0 Å². The van der Waals surface area contributed by atoms with Crippen LogP contribution in [0.15, 0.2) is 29.6 Å². The molecule has 0 unspecified atom stereocenters. The van der Waals surface area contributed by atoms with Gasteiger partial charge in [-0.1, -0.05) is 31.7 Å². The van der Waals surface area contributed by atoms with Crippen LogP contribution in [0.4, 0.5) is 0 Å². The Morgan fingerprint density at radius 1 is 1.27 bits per heavy atom. The molecule has 3 heterocycles. The second-order valence-corrected chi connectivity index (χ2v) is 7.67. The van der Waals surface area contributed by atoms with Gasteiger partial charge in [-0.15, -0.1) is 10.2 Å². The van der Waals surface area contributed by atoms with Crippen LogP contribution < -0.4 is 0 Å². The Balaban J connectivity index is 1.71. The fourth-order valence-corrected chi connectivity index (χ4v) is 4.13. The van der Waals surface area contributed by atoms with E-state index in [1.54, 1.807) is 0 Å². The first-order valence-corrected chi connectivity index (χ1v) is 8.67. The molecule has 3 rings (SSSR count). The molecule has 0 aliphatic carbocycles. The summed E-state index contributed by atoms with van der Waals surface area (Å²) in [7, 11) is 0. The maximum Gasteiger partial charge on any atom is 0.235 e. The second kappa shape index (κ2) is 6.28. The van der Waals surface area contributed by atoms with Crippen LogP contribution in [0, 0.1) is 11.8 Å². The highest BCUT2D eigenvalue weighted by molar-refractivity contribution is 8.00. The van der Waals surface area contributed by atoms with E-state index in [0.717, 1.165) is 23.9 Å². The number of rotatable bonds is 3. The highest BCUT2D eigenvalue weighted by Crippen LogP contribution is 2.27. The molecule has 118 valence electrons. The average molecular weight is 318 g/mol. The van der Waals surface area contributed by atoms with Crippen LogP contribution >= 0.6 is 11.8 Å². The molecule has 2 aromatic rings. The van der Waals surface area contributed by atoms with Gasteiger partial charge < -0.3 is 4.90 Å². The van der Waals surface area contributed by atoms with Crippen molar-refractivity contribution >= 4 is 23.3 Å². The van der Waals surface area contributed by atoms with E-state index in [4.69, 9.17) is 0 Å². The molecule has 0 aromatic carbocycles. The molecule has 1 aliphatic heterocycles. The van der Waals surface area contributed by atoms with E-state index >= 15 is 0 Å². The molecule has 22 heavy (non-hydrogen) atoms. The fraction of sp³-hybridized carbons (Fsp3) is 0.562. The van der Waals surface area contributed by atoms with Gasteiger partial charge in [-0.25, -0.2) is 0 Å². The highest BCUT2D eigenvalue weighted by atomic mass is 32.2. The minimum atomic E-state index is -0.148. The van der Waals surface area contributed by atoms with Crippen molar-refractivity contribution in [2.45, 2.75) is 37.6 Å². The molecule has 1 aliphatic rings. The Hall–Kier alpha value is -1.56. The molecular formula is C16H22N4OS. The lowest BCUT2D eigenvalue weighted by Crippen LogP contribution is -2.45. The van der Waals surface area contributed by atoms with Gasteiger partial charge in [-0.3, -0.25) is 9.20 Å². The zero-order valence-corrected chi connectivity index (χ0v) is 14.1. The predicted molar refractivity (Wildman–Crippen MR) is 87.8 cm³/mol. The van der Waals surface area contributed by atoms with E-state index < -0.39 is 0 Å². The average Bonchev–Trinajstić information content (AvgIpc) is 2.89. The lowest BCUT2D eigenvalue weighted by molar-refractivity contribution is -0.132. The summed E-state index contributed by atoms with van der Waals surface area (Å²) < 4.78 is 1.93. The van der Waals surface area contributed by atoms with Crippen molar-refractivity contribution in [1.82, 2.24) is 19.5 Å². The number of nitrogens with zero attached hydrogens (tertiary/aromatic N) is 4. The number of likely N-dealkylation sites (tertiary alicyclic amines) is 1. The number of aromatic nitrogens is 3. The summed E-state index contributed by atoms with van der Waals surface area (Å²) in [6.45, 7) is 8.14. The van der Waals surface area contributed by atoms with E-state index in [1.807, 2.05) is 40.6 Å². The Morgan fingerprint density at radius 3 is 2.73 bits per heavy atom. The van der Waals surface area contributed by atoms with Gasteiger partial charge in [0.25, 0.3) is 0 Å². The lowest BCUT2D eigenvalue weighted by Gasteiger charge is -2.36. The smallest absolute Gasteiger partial charge is 0.235 e. The van der Waals surface area contributed by atoms with Crippen molar-refractivity contribution in [2.75, 3.05) is 13.1 Å². The number of fused-ring (bicyclic) bond motifs is 1. The quantitative estimate of drug-likeness (QED) is 0.817. The van der Waals surface area contributed by atoms with E-state index in [9.17, 15) is 4.79 Å². The summed E-state index contributed by atoms with van der Waals surface area (Å²) in [5.74, 6) is 1.37. The number of amides is 1. The van der Waals surface area contributed by atoms with Crippen molar-refractivity contribution in [3.05, 3.63) is 24.4 Å². The molecule has 0 radical (unpaired) electrons. The van der Waals surface area contributed by atoms with Gasteiger partial charge in [0.2, 0.25) is 5.91 Å². The molecule has 1 amide bonds. The van der Waals surface area contributed by atoms with Crippen LogP contribution in [0.5, 0.6) is 0 Å². The largest absolute Gasteiger partial charge is 0.341 e. The minimum absolute atomic E-state index is 0.148. The summed E-state index contributed by atoms with van der Waals surface area (Å²) in [6.07, 6.45) is 3.14. The summed E-state index contributed by atoms with van der Waals surface area (Å²) in [4.78, 5) is 14.7. The Kier molecular flexibility index (Phi) is 4.38. The number of hydrogen-bond donors (Lipinski definition) is 0. The van der Waals surface area contributed by atoms with Gasteiger partial charge in [-0.05, 0) is 37.3 Å². The molecule has 1 fully saturated rings. The second-order valence-electron chi connectivity index (χ2n) is 6.36. The van der Waals surface area contributed by atoms with Crippen LogP contribution in [0.2, 0.25) is 0 Å². The Labute approximate surface area is 135 Å². The third-order valence-electron chi connectivity index (χ3n) is 4.09. The van der Waals surface area contributed by atoms with Crippen LogP contribution in [0.25, 0.3) is 5.65 Å². The zero-order valence-electron chi connectivity index (χ0n) is 13.3. The van der Waals surface area contributed by atoms with Crippen LogP contribution in [0.1, 0.15) is 27.2 Å². The number of pyridine rings is 1. The van der Waals surface area contributed by atoms with Gasteiger partial charge in [0.15, 0.2) is 10.8 Å². The SMILES string of the molecule is C[C@@H]1C[C@@H](C)CN(C(=O)[C@H](C)Sc2nnc3ccccn23)C1. The Bertz CT molecular complexity index is 661. The molecule has 0 bridgehead atoms. The molecule has 1 saturated heterocycles. The first kappa shape index (κ1) is 15.3. The van der Waals surface area contributed by atoms with Crippen LogP contribution in [-0.4, -0.2) is 43.7 Å². The van der Waals surface area contributed by atoms with Crippen LogP contribution in [-0.2, 0) is 4.79 Å². The van der Waals surface area contributed by atoms with Crippen molar-refractivity contribution in [2.24, 2.45) is 11.8 Å². The van der Waals surface area contributed by atoms with Gasteiger partial charge >= 0.3 is 0 Å². The molecular weight excluding hydrogens is 296 g/mol. The van der Waals surface area contributed by atoms with Gasteiger partial charge in [0, 0.05) is 19.3 Å². The van der Waals surface area contributed by atoms with E-state index in [1.165, 1.54) is 18.2 Å². The lowest BCUT2D eigenvalue weighted by atomic mass is 9.92. The number of piperidine rings is 1. The van der Waals surface area contributed by atoms with Crippen molar-refractivity contribution in [1.29, 1.82) is 0 Å². The maximum absolute atomic E-state index is 12.7. The first-order chi connectivity index (χ1) is 10.5. The summed E-state index contributed by atoms with van der Waals surface area (Å²) >= 11 is 1.48. The van der Waals surface area contributed by atoms with Gasteiger partial charge in [0.1, 0.15) is 0 Å². The summed E-state index contributed by atoms with van der Waals surface area (Å²) in [6, 6.07) is 5.79. The summed E-state index contributed by atoms with van der Waals surface area (Å²) in [5.41, 5.74) is 0.810. The van der Waals surface area contributed by atoms with Crippen molar-refractivity contribution in [3.8, 4) is 0 Å². The van der Waals surface area contributed by atoms with E-state index in [0.29, 0.717) is 11.8 Å². The molecule has 2 aromatic heterocycles. The molecule has 3 atom stereocenters. The molecule has 6 heteroatoms. The third kappa shape index (κ3) is 3.11. The van der Waals surface area contributed by atoms with Crippen molar-refractivity contribution in [3.63, 3.8) is 0 Å². The normalized spacial score (nSPS) is 23.7. The van der Waals surface area contributed by atoms with Crippen molar-refractivity contribution < 1.29 is 4.79 Å². The first-order valence-electron chi connectivity index (χ1n) is 7.80. The number of hydrogen-bond acceptors (Lipinski definition) is 4. The topological polar surface area (TPSA) is 50.5 Å². The number of thioether (sulfide) groups is 1. The fourth-order valence-electron chi connectivity index (χ4n) is 3.21. The van der Waals surface area contributed by atoms with Gasteiger partial charge in [-0.2, -0.15) is 0 Å².